The molecule has 1 fully saturated rings. The van der Waals surface area contributed by atoms with Crippen LogP contribution in [0.25, 0.3) is 0 Å². The normalized spacial score (nSPS) is 17.8. The molecule has 0 saturated carbocycles. The predicted molar refractivity (Wildman–Crippen MR) is 78.6 cm³/mol. The molecule has 0 aromatic heterocycles. The number of nitrogens with one attached hydrogen (secondary N) is 1. The number of hydrazone groups is 1. The average Bonchev–Trinajstić information content (AvgIpc) is 2.45. The first kappa shape index (κ1) is 15.8. The van der Waals surface area contributed by atoms with E-state index in [1.54, 1.807) is 12.1 Å². The number of hydrogen-bond donors (Lipinski definition) is 1. The Hall–Kier alpha value is -1.56. The molecular formula is C15H20F3N3. The molecule has 1 aliphatic heterocycles. The highest BCUT2D eigenvalue weighted by atomic mass is 19.4. The number of anilines is 1. The van der Waals surface area contributed by atoms with Gasteiger partial charge in [0.1, 0.15) is 0 Å². The fourth-order valence-corrected chi connectivity index (χ4v) is 2.28. The Kier molecular flexibility index (Phi) is 5.22. The van der Waals surface area contributed by atoms with Gasteiger partial charge in [-0.15, -0.1) is 0 Å². The maximum atomic E-state index is 13.0. The zero-order chi connectivity index (χ0) is 15.3. The molecule has 0 unspecified atom stereocenters. The van der Waals surface area contributed by atoms with E-state index in [4.69, 9.17) is 0 Å². The molecule has 6 heteroatoms. The van der Waals surface area contributed by atoms with E-state index in [1.807, 2.05) is 24.0 Å². The van der Waals surface area contributed by atoms with Crippen molar-refractivity contribution in [1.82, 2.24) is 4.90 Å². The Labute approximate surface area is 122 Å². The van der Waals surface area contributed by atoms with E-state index in [0.717, 1.165) is 24.8 Å². The number of aryl methyl sites for hydroxylation is 1. The van der Waals surface area contributed by atoms with Gasteiger partial charge in [0.2, 0.25) is 0 Å². The Morgan fingerprint density at radius 1 is 1.14 bits per heavy atom. The highest BCUT2D eigenvalue weighted by Crippen LogP contribution is 2.20. The minimum Gasteiger partial charge on any atom is -0.297 e. The molecule has 0 bridgehead atoms. The van der Waals surface area contributed by atoms with Crippen molar-refractivity contribution in [3.8, 4) is 0 Å². The summed E-state index contributed by atoms with van der Waals surface area (Å²) in [5.41, 5.74) is 3.34. The van der Waals surface area contributed by atoms with Crippen molar-refractivity contribution in [2.45, 2.75) is 32.4 Å². The molecule has 1 aromatic carbocycles. The Bertz CT molecular complexity index is 474. The number of piperidine rings is 1. The number of halogens is 3. The standard InChI is InChI=1S/C15H20F3N3/c1-12-5-7-13(8-6-12)19-20-14(15(16,17)18)11-21-9-3-2-4-10-21/h5-8,19H,2-4,9-11H2,1H3/b20-14-. The van der Waals surface area contributed by atoms with Crippen LogP contribution in [0.3, 0.4) is 0 Å². The molecule has 0 aliphatic carbocycles. The van der Waals surface area contributed by atoms with E-state index >= 15 is 0 Å². The summed E-state index contributed by atoms with van der Waals surface area (Å²) < 4.78 is 39.1. The summed E-state index contributed by atoms with van der Waals surface area (Å²) in [6.45, 7) is 3.19. The third-order valence-electron chi connectivity index (χ3n) is 3.52. The monoisotopic (exact) mass is 299 g/mol. The van der Waals surface area contributed by atoms with Crippen molar-refractivity contribution >= 4 is 11.4 Å². The van der Waals surface area contributed by atoms with Gasteiger partial charge in [0.15, 0.2) is 5.71 Å². The van der Waals surface area contributed by atoms with Crippen LogP contribution in [-0.4, -0.2) is 36.4 Å². The van der Waals surface area contributed by atoms with Gasteiger partial charge in [-0.1, -0.05) is 24.1 Å². The number of benzene rings is 1. The van der Waals surface area contributed by atoms with Crippen LogP contribution in [0.1, 0.15) is 24.8 Å². The maximum Gasteiger partial charge on any atom is 0.432 e. The van der Waals surface area contributed by atoms with Crippen molar-refractivity contribution in [2.24, 2.45) is 5.10 Å². The largest absolute Gasteiger partial charge is 0.432 e. The fraction of sp³-hybridized carbons (Fsp3) is 0.533. The number of likely N-dealkylation sites (tertiary alicyclic amines) is 1. The molecular weight excluding hydrogens is 279 g/mol. The van der Waals surface area contributed by atoms with Gasteiger partial charge in [-0.25, -0.2) is 0 Å². The van der Waals surface area contributed by atoms with Crippen molar-refractivity contribution in [2.75, 3.05) is 25.1 Å². The molecule has 1 aliphatic rings. The second kappa shape index (κ2) is 6.93. The first-order valence-electron chi connectivity index (χ1n) is 7.14. The van der Waals surface area contributed by atoms with E-state index in [1.165, 1.54) is 0 Å². The summed E-state index contributed by atoms with van der Waals surface area (Å²) in [6, 6.07) is 7.09. The summed E-state index contributed by atoms with van der Waals surface area (Å²) in [4.78, 5) is 1.81. The van der Waals surface area contributed by atoms with Crippen LogP contribution in [0.2, 0.25) is 0 Å². The third-order valence-corrected chi connectivity index (χ3v) is 3.52. The predicted octanol–water partition coefficient (Wildman–Crippen LogP) is 3.81. The topological polar surface area (TPSA) is 27.6 Å². The van der Waals surface area contributed by atoms with Crippen LogP contribution in [-0.2, 0) is 0 Å². The molecule has 2 rings (SSSR count). The minimum atomic E-state index is -4.41. The Balaban J connectivity index is 2.04. The Morgan fingerprint density at radius 2 is 1.76 bits per heavy atom. The van der Waals surface area contributed by atoms with Crippen molar-refractivity contribution < 1.29 is 13.2 Å². The summed E-state index contributed by atoms with van der Waals surface area (Å²) >= 11 is 0. The first-order valence-corrected chi connectivity index (χ1v) is 7.14. The lowest BCUT2D eigenvalue weighted by molar-refractivity contribution is -0.0617. The second-order valence-electron chi connectivity index (χ2n) is 5.37. The van der Waals surface area contributed by atoms with Gasteiger partial charge in [0.05, 0.1) is 5.69 Å². The summed E-state index contributed by atoms with van der Waals surface area (Å²) in [6.07, 6.45) is -1.40. The van der Waals surface area contributed by atoms with Crippen LogP contribution in [0.5, 0.6) is 0 Å². The fourth-order valence-electron chi connectivity index (χ4n) is 2.28. The smallest absolute Gasteiger partial charge is 0.297 e. The number of rotatable bonds is 4. The molecule has 1 N–H and O–H groups in total. The highest BCUT2D eigenvalue weighted by molar-refractivity contribution is 5.92. The Morgan fingerprint density at radius 3 is 2.33 bits per heavy atom. The summed E-state index contributed by atoms with van der Waals surface area (Å²) in [7, 11) is 0. The second-order valence-corrected chi connectivity index (χ2v) is 5.37. The van der Waals surface area contributed by atoms with Gasteiger partial charge >= 0.3 is 6.18 Å². The zero-order valence-electron chi connectivity index (χ0n) is 12.1. The average molecular weight is 299 g/mol. The van der Waals surface area contributed by atoms with E-state index in [-0.39, 0.29) is 6.54 Å². The van der Waals surface area contributed by atoms with Gasteiger partial charge in [0.25, 0.3) is 0 Å². The summed E-state index contributed by atoms with van der Waals surface area (Å²) in [5.74, 6) is 0. The van der Waals surface area contributed by atoms with Crippen molar-refractivity contribution in [3.63, 3.8) is 0 Å². The lowest BCUT2D eigenvalue weighted by Crippen LogP contribution is -2.40. The van der Waals surface area contributed by atoms with Crippen molar-refractivity contribution in [3.05, 3.63) is 29.8 Å². The number of alkyl halides is 3. The molecule has 0 atom stereocenters. The number of nitrogens with zero attached hydrogens (tertiary/aromatic N) is 2. The van der Waals surface area contributed by atoms with Gasteiger partial charge in [0, 0.05) is 6.54 Å². The van der Waals surface area contributed by atoms with E-state index in [0.29, 0.717) is 18.8 Å². The van der Waals surface area contributed by atoms with Gasteiger partial charge in [-0.3, -0.25) is 10.3 Å². The summed E-state index contributed by atoms with van der Waals surface area (Å²) in [5, 5.41) is 3.59. The van der Waals surface area contributed by atoms with E-state index in [9.17, 15) is 13.2 Å². The highest BCUT2D eigenvalue weighted by Gasteiger charge is 2.37. The zero-order valence-corrected chi connectivity index (χ0v) is 12.1. The molecule has 0 spiro atoms. The van der Waals surface area contributed by atoms with Crippen LogP contribution >= 0.6 is 0 Å². The van der Waals surface area contributed by atoms with Gasteiger partial charge in [-0.2, -0.15) is 18.3 Å². The molecule has 1 heterocycles. The molecule has 0 amide bonds. The molecule has 1 saturated heterocycles. The van der Waals surface area contributed by atoms with Crippen LogP contribution < -0.4 is 5.43 Å². The molecule has 1 aromatic rings. The van der Waals surface area contributed by atoms with E-state index in [2.05, 4.69) is 10.5 Å². The maximum absolute atomic E-state index is 13.0. The quantitative estimate of drug-likeness (QED) is 0.676. The SMILES string of the molecule is Cc1ccc(N/N=C(/CN2CCCCC2)C(F)(F)F)cc1. The lowest BCUT2D eigenvalue weighted by atomic mass is 10.1. The third kappa shape index (κ3) is 5.04. The molecule has 116 valence electrons. The minimum absolute atomic E-state index is 0.150. The number of hydrogen-bond acceptors (Lipinski definition) is 3. The van der Waals surface area contributed by atoms with Crippen LogP contribution in [0.15, 0.2) is 29.4 Å². The lowest BCUT2D eigenvalue weighted by Gasteiger charge is -2.27. The van der Waals surface area contributed by atoms with Crippen LogP contribution in [0, 0.1) is 6.92 Å². The van der Waals surface area contributed by atoms with Gasteiger partial charge in [-0.05, 0) is 45.0 Å². The molecule has 0 radical (unpaired) electrons. The van der Waals surface area contributed by atoms with E-state index < -0.39 is 11.9 Å². The van der Waals surface area contributed by atoms with Gasteiger partial charge < -0.3 is 0 Å². The van der Waals surface area contributed by atoms with Crippen LogP contribution in [0.4, 0.5) is 18.9 Å². The first-order chi connectivity index (χ1) is 9.95. The molecule has 21 heavy (non-hydrogen) atoms. The van der Waals surface area contributed by atoms with Crippen molar-refractivity contribution in [1.29, 1.82) is 0 Å². The molecule has 3 nitrogen and oxygen atoms in total.